The van der Waals surface area contributed by atoms with Crippen LogP contribution in [0, 0.1) is 0 Å². The van der Waals surface area contributed by atoms with Crippen LogP contribution in [0.2, 0.25) is 0 Å². The summed E-state index contributed by atoms with van der Waals surface area (Å²) in [5.41, 5.74) is 3.76. The molecule has 0 radical (unpaired) electrons. The number of thiazole rings is 1. The zero-order chi connectivity index (χ0) is 20.5. The summed E-state index contributed by atoms with van der Waals surface area (Å²) < 4.78 is 6.90. The number of anilines is 2. The third-order valence-electron chi connectivity index (χ3n) is 4.88. The zero-order valence-corrected chi connectivity index (χ0v) is 17.5. The molecule has 1 aliphatic heterocycles. The molecule has 2 aromatic carbocycles. The van der Waals surface area contributed by atoms with E-state index in [1.807, 2.05) is 41.3 Å². The van der Waals surface area contributed by atoms with Gasteiger partial charge >= 0.3 is 0 Å². The molecule has 5 rings (SSSR count). The summed E-state index contributed by atoms with van der Waals surface area (Å²) in [5, 5.41) is 2.82. The topological polar surface area (TPSA) is 75.4 Å². The number of rotatable bonds is 5. The molecule has 0 saturated heterocycles. The number of benzene rings is 2. The molecule has 1 N–H and O–H groups in total. The van der Waals surface area contributed by atoms with Crippen LogP contribution in [-0.4, -0.2) is 29.1 Å². The highest BCUT2D eigenvalue weighted by atomic mass is 32.2. The number of carbonyl (C=O) groups is 2. The first-order valence-electron chi connectivity index (χ1n) is 9.44. The molecule has 4 aromatic rings. The number of amides is 2. The molecule has 1 aliphatic rings. The maximum absolute atomic E-state index is 12.7. The van der Waals surface area contributed by atoms with Crippen LogP contribution in [0.15, 0.2) is 69.6 Å². The Morgan fingerprint density at radius 2 is 2.07 bits per heavy atom. The average Bonchev–Trinajstić information content (AvgIpc) is 3.50. The summed E-state index contributed by atoms with van der Waals surface area (Å²) in [5.74, 6) is 0.402. The smallest absolute Gasteiger partial charge is 0.291 e. The lowest BCUT2D eigenvalue weighted by Crippen LogP contribution is -2.30. The molecule has 150 valence electrons. The molecule has 0 atom stereocenters. The normalized spacial score (nSPS) is 12.9. The van der Waals surface area contributed by atoms with Crippen molar-refractivity contribution >= 4 is 56.5 Å². The van der Waals surface area contributed by atoms with E-state index in [0.717, 1.165) is 33.2 Å². The number of nitrogens with zero attached hydrogens (tertiary/aromatic N) is 2. The molecular weight excluding hydrogens is 418 g/mol. The van der Waals surface area contributed by atoms with Crippen LogP contribution in [0.4, 0.5) is 11.4 Å². The molecule has 3 heterocycles. The Kier molecular flexibility index (Phi) is 5.02. The van der Waals surface area contributed by atoms with E-state index in [1.165, 1.54) is 34.9 Å². The van der Waals surface area contributed by atoms with Crippen molar-refractivity contribution in [2.24, 2.45) is 0 Å². The second-order valence-corrected chi connectivity index (χ2v) is 9.06. The lowest BCUT2D eigenvalue weighted by Gasteiger charge is -2.16. The number of hydrogen-bond acceptors (Lipinski definition) is 6. The minimum absolute atomic E-state index is 0.0932. The predicted octanol–water partition coefficient (Wildman–Crippen LogP) is 4.82. The Bertz CT molecular complexity index is 1230. The van der Waals surface area contributed by atoms with Gasteiger partial charge in [0.15, 0.2) is 10.1 Å². The van der Waals surface area contributed by atoms with E-state index in [9.17, 15) is 9.59 Å². The summed E-state index contributed by atoms with van der Waals surface area (Å²) in [4.78, 5) is 31.3. The van der Waals surface area contributed by atoms with E-state index >= 15 is 0 Å². The number of hydrogen-bond donors (Lipinski definition) is 1. The van der Waals surface area contributed by atoms with Gasteiger partial charge in [0.2, 0.25) is 5.91 Å². The second-order valence-electron chi connectivity index (χ2n) is 6.81. The number of fused-ring (bicyclic) bond motifs is 2. The maximum atomic E-state index is 12.7. The fourth-order valence-electron chi connectivity index (χ4n) is 3.44. The van der Waals surface area contributed by atoms with Gasteiger partial charge in [-0.15, -0.1) is 11.3 Å². The fraction of sp³-hybridized carbons (Fsp3) is 0.136. The summed E-state index contributed by atoms with van der Waals surface area (Å²) in [7, 11) is 0. The van der Waals surface area contributed by atoms with Gasteiger partial charge in [-0.05, 0) is 48.4 Å². The first-order valence-corrected chi connectivity index (χ1v) is 11.2. The number of thioether (sulfide) groups is 1. The van der Waals surface area contributed by atoms with Crippen molar-refractivity contribution in [1.29, 1.82) is 0 Å². The molecule has 30 heavy (non-hydrogen) atoms. The minimum atomic E-state index is -0.296. The molecule has 0 fully saturated rings. The van der Waals surface area contributed by atoms with Gasteiger partial charge in [-0.1, -0.05) is 30.0 Å². The number of nitrogens with one attached hydrogen (secondary N) is 1. The summed E-state index contributed by atoms with van der Waals surface area (Å²) in [6.45, 7) is 0.733. The Balaban J connectivity index is 1.25. The summed E-state index contributed by atoms with van der Waals surface area (Å²) in [6, 6.07) is 16.9. The Morgan fingerprint density at radius 3 is 2.93 bits per heavy atom. The molecule has 8 heteroatoms. The van der Waals surface area contributed by atoms with E-state index in [1.54, 1.807) is 12.1 Å². The number of furan rings is 1. The van der Waals surface area contributed by atoms with E-state index in [2.05, 4.69) is 16.4 Å². The lowest BCUT2D eigenvalue weighted by molar-refractivity contribution is -0.116. The van der Waals surface area contributed by atoms with Gasteiger partial charge in [0.05, 0.1) is 22.2 Å². The summed E-state index contributed by atoms with van der Waals surface area (Å²) >= 11 is 2.96. The highest BCUT2D eigenvalue weighted by Crippen LogP contribution is 2.33. The monoisotopic (exact) mass is 435 g/mol. The van der Waals surface area contributed by atoms with Crippen LogP contribution < -0.4 is 10.2 Å². The van der Waals surface area contributed by atoms with E-state index < -0.39 is 0 Å². The second kappa shape index (κ2) is 7.97. The average molecular weight is 436 g/mol. The number of aromatic nitrogens is 1. The molecule has 0 unspecified atom stereocenters. The molecule has 6 nitrogen and oxygen atoms in total. The zero-order valence-electron chi connectivity index (χ0n) is 15.8. The molecule has 0 spiro atoms. The Morgan fingerprint density at radius 1 is 1.17 bits per heavy atom. The molecular formula is C22H17N3O3S2. The summed E-state index contributed by atoms with van der Waals surface area (Å²) in [6.07, 6.45) is 2.37. The van der Waals surface area contributed by atoms with Crippen LogP contribution >= 0.6 is 23.1 Å². The van der Waals surface area contributed by atoms with Crippen molar-refractivity contribution in [3.8, 4) is 0 Å². The molecule has 0 aliphatic carbocycles. The van der Waals surface area contributed by atoms with Crippen LogP contribution in [-0.2, 0) is 11.2 Å². The Hall–Kier alpha value is -3.10. The van der Waals surface area contributed by atoms with E-state index in [-0.39, 0.29) is 17.6 Å². The SMILES string of the molecule is O=C(Nc1ccc2nc(SCC(=O)N3CCc4ccccc43)sc2c1)c1ccco1. The van der Waals surface area contributed by atoms with Gasteiger partial charge < -0.3 is 14.6 Å². The highest BCUT2D eigenvalue weighted by molar-refractivity contribution is 8.01. The molecule has 0 saturated carbocycles. The van der Waals surface area contributed by atoms with Gasteiger partial charge in [-0.2, -0.15) is 0 Å². The third kappa shape index (κ3) is 3.71. The van der Waals surface area contributed by atoms with Crippen molar-refractivity contribution in [1.82, 2.24) is 4.98 Å². The van der Waals surface area contributed by atoms with E-state index in [0.29, 0.717) is 11.4 Å². The standard InChI is InChI=1S/C22H17N3O3S2/c26-20(25-10-9-14-4-1-2-5-17(14)25)13-29-22-24-16-8-7-15(12-19(16)30-22)23-21(27)18-6-3-11-28-18/h1-8,11-12H,9-10,13H2,(H,23,27). The predicted molar refractivity (Wildman–Crippen MR) is 120 cm³/mol. The maximum Gasteiger partial charge on any atom is 0.291 e. The highest BCUT2D eigenvalue weighted by Gasteiger charge is 2.24. The van der Waals surface area contributed by atoms with Gasteiger partial charge in [-0.3, -0.25) is 9.59 Å². The van der Waals surface area contributed by atoms with Crippen LogP contribution in [0.1, 0.15) is 16.1 Å². The number of para-hydroxylation sites is 1. The Labute approximate surface area is 180 Å². The fourth-order valence-corrected chi connectivity index (χ4v) is 5.43. The largest absolute Gasteiger partial charge is 0.459 e. The third-order valence-corrected chi connectivity index (χ3v) is 7.02. The van der Waals surface area contributed by atoms with Gasteiger partial charge in [-0.25, -0.2) is 4.98 Å². The first kappa shape index (κ1) is 18.9. The van der Waals surface area contributed by atoms with Crippen molar-refractivity contribution in [2.45, 2.75) is 10.8 Å². The molecule has 2 aromatic heterocycles. The van der Waals surface area contributed by atoms with Gasteiger partial charge in [0.25, 0.3) is 5.91 Å². The minimum Gasteiger partial charge on any atom is -0.459 e. The molecule has 2 amide bonds. The van der Waals surface area contributed by atoms with Crippen molar-refractivity contribution in [2.75, 3.05) is 22.5 Å². The van der Waals surface area contributed by atoms with E-state index in [4.69, 9.17) is 4.42 Å². The van der Waals surface area contributed by atoms with Crippen molar-refractivity contribution in [3.63, 3.8) is 0 Å². The molecule has 0 bridgehead atoms. The lowest BCUT2D eigenvalue weighted by atomic mass is 10.2. The van der Waals surface area contributed by atoms with Crippen LogP contribution in [0.5, 0.6) is 0 Å². The quantitative estimate of drug-likeness (QED) is 0.455. The number of carbonyl (C=O) groups excluding carboxylic acids is 2. The van der Waals surface area contributed by atoms with Crippen LogP contribution in [0.3, 0.4) is 0 Å². The van der Waals surface area contributed by atoms with Gasteiger partial charge in [0, 0.05) is 17.9 Å². The van der Waals surface area contributed by atoms with Crippen LogP contribution in [0.25, 0.3) is 10.2 Å². The van der Waals surface area contributed by atoms with Crippen molar-refractivity contribution < 1.29 is 14.0 Å². The van der Waals surface area contributed by atoms with Gasteiger partial charge in [0.1, 0.15) is 0 Å². The first-order chi connectivity index (χ1) is 14.7. The van der Waals surface area contributed by atoms with Crippen molar-refractivity contribution in [3.05, 3.63) is 72.2 Å².